The molecule has 1 aromatic carbocycles. The predicted molar refractivity (Wildman–Crippen MR) is 74.7 cm³/mol. The van der Waals surface area contributed by atoms with Crippen molar-refractivity contribution in [2.75, 3.05) is 7.11 Å². The lowest BCUT2D eigenvalue weighted by molar-refractivity contribution is 0.0944. The maximum atomic E-state index is 12.0. The van der Waals surface area contributed by atoms with E-state index in [9.17, 15) is 4.79 Å². The van der Waals surface area contributed by atoms with Crippen LogP contribution in [0, 0.1) is 0 Å². The molecular formula is C15H14N2O3. The third kappa shape index (κ3) is 2.38. The van der Waals surface area contributed by atoms with Gasteiger partial charge >= 0.3 is 0 Å². The Kier molecular flexibility index (Phi) is 3.16. The molecule has 2 aromatic heterocycles. The first kappa shape index (κ1) is 12.3. The molecule has 0 unspecified atom stereocenters. The summed E-state index contributed by atoms with van der Waals surface area (Å²) in [7, 11) is 1.61. The minimum atomic E-state index is -0.170. The fourth-order valence-electron chi connectivity index (χ4n) is 2.03. The van der Waals surface area contributed by atoms with E-state index in [1.807, 2.05) is 30.3 Å². The van der Waals surface area contributed by atoms with Crippen molar-refractivity contribution >= 4 is 16.8 Å². The summed E-state index contributed by atoms with van der Waals surface area (Å²) < 4.78 is 10.3. The van der Waals surface area contributed by atoms with Crippen molar-refractivity contribution in [1.29, 1.82) is 0 Å². The summed E-state index contributed by atoms with van der Waals surface area (Å²) in [6, 6.07) is 11.0. The first-order valence-corrected chi connectivity index (χ1v) is 6.23. The molecule has 1 amide bonds. The van der Waals surface area contributed by atoms with Gasteiger partial charge in [-0.3, -0.25) is 4.79 Å². The van der Waals surface area contributed by atoms with Gasteiger partial charge in [-0.2, -0.15) is 0 Å². The number of carbonyl (C=O) groups is 1. The molecule has 0 aliphatic heterocycles. The molecule has 5 nitrogen and oxygen atoms in total. The standard InChI is InChI=1S/C15H14N2O3/c1-19-11-5-4-10-7-14(17-13(10)8-11)15(18)16-9-12-3-2-6-20-12/h2-8,17H,9H2,1H3,(H,16,18). The summed E-state index contributed by atoms with van der Waals surface area (Å²) in [4.78, 5) is 15.1. The van der Waals surface area contributed by atoms with Gasteiger partial charge < -0.3 is 19.5 Å². The van der Waals surface area contributed by atoms with Crippen molar-refractivity contribution in [2.45, 2.75) is 6.54 Å². The Bertz CT molecular complexity index is 729. The molecule has 0 fully saturated rings. The number of benzene rings is 1. The van der Waals surface area contributed by atoms with E-state index in [1.165, 1.54) is 0 Å². The number of hydrogen-bond acceptors (Lipinski definition) is 3. The lowest BCUT2D eigenvalue weighted by Gasteiger charge is -2.00. The van der Waals surface area contributed by atoms with E-state index in [2.05, 4.69) is 10.3 Å². The summed E-state index contributed by atoms with van der Waals surface area (Å²) in [6.07, 6.45) is 1.58. The highest BCUT2D eigenvalue weighted by Gasteiger charge is 2.10. The molecule has 0 radical (unpaired) electrons. The molecule has 0 spiro atoms. The highest BCUT2D eigenvalue weighted by Crippen LogP contribution is 2.21. The topological polar surface area (TPSA) is 67.3 Å². The second-order valence-electron chi connectivity index (χ2n) is 4.40. The van der Waals surface area contributed by atoms with Crippen LogP contribution in [-0.2, 0) is 6.54 Å². The summed E-state index contributed by atoms with van der Waals surface area (Å²) in [5.41, 5.74) is 1.38. The number of furan rings is 1. The van der Waals surface area contributed by atoms with Gasteiger partial charge in [0.05, 0.1) is 19.9 Å². The van der Waals surface area contributed by atoms with Crippen LogP contribution in [0.25, 0.3) is 10.9 Å². The molecule has 0 aliphatic rings. The monoisotopic (exact) mass is 270 g/mol. The SMILES string of the molecule is COc1ccc2cc(C(=O)NCc3ccco3)[nH]c2c1. The molecule has 3 rings (SSSR count). The second kappa shape index (κ2) is 5.13. The van der Waals surface area contributed by atoms with E-state index in [0.29, 0.717) is 12.2 Å². The molecule has 2 heterocycles. The Morgan fingerprint density at radius 3 is 3.00 bits per heavy atom. The molecule has 0 saturated heterocycles. The zero-order chi connectivity index (χ0) is 13.9. The number of methoxy groups -OCH3 is 1. The van der Waals surface area contributed by atoms with Gasteiger partial charge in [0, 0.05) is 17.0 Å². The van der Waals surface area contributed by atoms with Gasteiger partial charge in [0.1, 0.15) is 17.2 Å². The predicted octanol–water partition coefficient (Wildman–Crippen LogP) is 2.70. The fraction of sp³-hybridized carbons (Fsp3) is 0.133. The average Bonchev–Trinajstić information content (AvgIpc) is 3.12. The molecule has 20 heavy (non-hydrogen) atoms. The van der Waals surface area contributed by atoms with Gasteiger partial charge in [0.2, 0.25) is 0 Å². The first-order chi connectivity index (χ1) is 9.76. The van der Waals surface area contributed by atoms with Crippen molar-refractivity contribution in [3.63, 3.8) is 0 Å². The zero-order valence-corrected chi connectivity index (χ0v) is 11.0. The normalized spacial score (nSPS) is 10.7. The van der Waals surface area contributed by atoms with E-state index in [4.69, 9.17) is 9.15 Å². The van der Waals surface area contributed by atoms with Crippen LogP contribution < -0.4 is 10.1 Å². The number of hydrogen-bond donors (Lipinski definition) is 2. The molecular weight excluding hydrogens is 256 g/mol. The number of carbonyl (C=O) groups excluding carboxylic acids is 1. The van der Waals surface area contributed by atoms with Crippen molar-refractivity contribution in [2.24, 2.45) is 0 Å². The van der Waals surface area contributed by atoms with Crippen LogP contribution in [0.1, 0.15) is 16.2 Å². The maximum absolute atomic E-state index is 12.0. The number of rotatable bonds is 4. The molecule has 102 valence electrons. The fourth-order valence-corrected chi connectivity index (χ4v) is 2.03. The quantitative estimate of drug-likeness (QED) is 0.766. The molecule has 0 atom stereocenters. The molecule has 3 aromatic rings. The molecule has 0 aliphatic carbocycles. The number of nitrogens with one attached hydrogen (secondary N) is 2. The Morgan fingerprint density at radius 2 is 2.25 bits per heavy atom. The van der Waals surface area contributed by atoms with E-state index in [0.717, 1.165) is 22.4 Å². The smallest absolute Gasteiger partial charge is 0.268 e. The van der Waals surface area contributed by atoms with E-state index in [-0.39, 0.29) is 5.91 Å². The van der Waals surface area contributed by atoms with Crippen molar-refractivity contribution in [3.8, 4) is 5.75 Å². The van der Waals surface area contributed by atoms with E-state index in [1.54, 1.807) is 19.4 Å². The lowest BCUT2D eigenvalue weighted by atomic mass is 10.2. The number of aromatic amines is 1. The van der Waals surface area contributed by atoms with Gasteiger partial charge in [0.15, 0.2) is 0 Å². The highest BCUT2D eigenvalue weighted by molar-refractivity contribution is 5.98. The lowest BCUT2D eigenvalue weighted by Crippen LogP contribution is -2.22. The second-order valence-corrected chi connectivity index (χ2v) is 4.40. The van der Waals surface area contributed by atoms with Gasteiger partial charge in [-0.15, -0.1) is 0 Å². The van der Waals surface area contributed by atoms with Crippen LogP contribution >= 0.6 is 0 Å². The number of aromatic nitrogens is 1. The summed E-state index contributed by atoms with van der Waals surface area (Å²) in [5.74, 6) is 1.30. The Labute approximate surface area is 115 Å². The van der Waals surface area contributed by atoms with Crippen LogP contribution in [0.2, 0.25) is 0 Å². The van der Waals surface area contributed by atoms with Crippen LogP contribution in [-0.4, -0.2) is 18.0 Å². The zero-order valence-electron chi connectivity index (χ0n) is 11.0. The minimum Gasteiger partial charge on any atom is -0.497 e. The Balaban J connectivity index is 1.77. The molecule has 0 bridgehead atoms. The molecule has 5 heteroatoms. The van der Waals surface area contributed by atoms with E-state index < -0.39 is 0 Å². The van der Waals surface area contributed by atoms with Gasteiger partial charge in [-0.25, -0.2) is 0 Å². The molecule has 0 saturated carbocycles. The van der Waals surface area contributed by atoms with Crippen LogP contribution in [0.5, 0.6) is 5.75 Å². The van der Waals surface area contributed by atoms with Crippen molar-refractivity contribution < 1.29 is 13.9 Å². The average molecular weight is 270 g/mol. The summed E-state index contributed by atoms with van der Waals surface area (Å²) in [6.45, 7) is 0.366. The third-order valence-corrected chi connectivity index (χ3v) is 3.08. The Morgan fingerprint density at radius 1 is 1.35 bits per heavy atom. The number of amides is 1. The number of H-pyrrole nitrogens is 1. The van der Waals surface area contributed by atoms with Crippen LogP contribution in [0.4, 0.5) is 0 Å². The maximum Gasteiger partial charge on any atom is 0.268 e. The van der Waals surface area contributed by atoms with Crippen LogP contribution in [0.3, 0.4) is 0 Å². The van der Waals surface area contributed by atoms with Crippen LogP contribution in [0.15, 0.2) is 47.1 Å². The van der Waals surface area contributed by atoms with Gasteiger partial charge in [0.25, 0.3) is 5.91 Å². The van der Waals surface area contributed by atoms with Crippen molar-refractivity contribution in [3.05, 3.63) is 54.1 Å². The highest BCUT2D eigenvalue weighted by atomic mass is 16.5. The third-order valence-electron chi connectivity index (χ3n) is 3.08. The minimum absolute atomic E-state index is 0.170. The summed E-state index contributed by atoms with van der Waals surface area (Å²) >= 11 is 0. The van der Waals surface area contributed by atoms with Gasteiger partial charge in [-0.1, -0.05) is 0 Å². The largest absolute Gasteiger partial charge is 0.497 e. The van der Waals surface area contributed by atoms with Gasteiger partial charge in [-0.05, 0) is 30.3 Å². The number of ether oxygens (including phenoxy) is 1. The number of fused-ring (bicyclic) bond motifs is 1. The first-order valence-electron chi connectivity index (χ1n) is 6.23. The molecule has 2 N–H and O–H groups in total. The Hall–Kier alpha value is -2.69. The van der Waals surface area contributed by atoms with Crippen molar-refractivity contribution in [1.82, 2.24) is 10.3 Å². The summed E-state index contributed by atoms with van der Waals surface area (Å²) in [5, 5.41) is 3.76. The van der Waals surface area contributed by atoms with E-state index >= 15 is 0 Å².